The Bertz CT molecular complexity index is 601. The third kappa shape index (κ3) is 5.03. The van der Waals surface area contributed by atoms with Crippen molar-refractivity contribution in [2.24, 2.45) is 0 Å². The van der Waals surface area contributed by atoms with Gasteiger partial charge in [0.05, 0.1) is 5.02 Å². The van der Waals surface area contributed by atoms with Gasteiger partial charge < -0.3 is 10.1 Å². The van der Waals surface area contributed by atoms with Gasteiger partial charge in [0.25, 0.3) is 0 Å². The predicted octanol–water partition coefficient (Wildman–Crippen LogP) is 5.18. The van der Waals surface area contributed by atoms with Crippen molar-refractivity contribution in [1.29, 1.82) is 0 Å². The van der Waals surface area contributed by atoms with Gasteiger partial charge in [-0.3, -0.25) is 0 Å². The molecule has 2 aromatic rings. The number of ether oxygens (including phenoxy) is 1. The van der Waals surface area contributed by atoms with E-state index in [-0.39, 0.29) is 0 Å². The molecule has 0 radical (unpaired) electrons. The number of rotatable bonds is 6. The summed E-state index contributed by atoms with van der Waals surface area (Å²) in [7, 11) is 0. The van der Waals surface area contributed by atoms with E-state index < -0.39 is 0 Å². The van der Waals surface area contributed by atoms with Crippen LogP contribution in [0.2, 0.25) is 5.02 Å². The molecule has 0 aliphatic heterocycles. The molecule has 0 bridgehead atoms. The maximum absolute atomic E-state index is 6.15. The van der Waals surface area contributed by atoms with Crippen LogP contribution in [-0.4, -0.2) is 6.04 Å². The molecule has 0 aliphatic carbocycles. The molecular formula is C17H19BrClNO. The van der Waals surface area contributed by atoms with Gasteiger partial charge in [0.15, 0.2) is 0 Å². The second-order valence-electron chi connectivity index (χ2n) is 5.17. The van der Waals surface area contributed by atoms with Crippen LogP contribution >= 0.6 is 27.5 Å². The van der Waals surface area contributed by atoms with Crippen LogP contribution in [0.15, 0.2) is 46.9 Å². The number of hydrogen-bond acceptors (Lipinski definition) is 2. The summed E-state index contributed by atoms with van der Waals surface area (Å²) < 4.78 is 6.82. The molecular weight excluding hydrogens is 350 g/mol. The molecule has 0 atom stereocenters. The van der Waals surface area contributed by atoms with Gasteiger partial charge in [-0.1, -0.05) is 65.6 Å². The number of benzene rings is 2. The van der Waals surface area contributed by atoms with Crippen LogP contribution in [0.4, 0.5) is 0 Å². The van der Waals surface area contributed by atoms with Gasteiger partial charge in [0.2, 0.25) is 0 Å². The van der Waals surface area contributed by atoms with E-state index >= 15 is 0 Å². The number of hydrogen-bond donors (Lipinski definition) is 1. The van der Waals surface area contributed by atoms with Gasteiger partial charge in [-0.2, -0.15) is 0 Å². The molecule has 0 spiro atoms. The Balaban J connectivity index is 2.07. The highest BCUT2D eigenvalue weighted by Gasteiger charge is 2.06. The minimum Gasteiger partial charge on any atom is -0.487 e. The van der Waals surface area contributed by atoms with Crippen molar-refractivity contribution in [3.8, 4) is 5.75 Å². The van der Waals surface area contributed by atoms with E-state index in [4.69, 9.17) is 16.3 Å². The van der Waals surface area contributed by atoms with Gasteiger partial charge in [0, 0.05) is 17.1 Å². The molecule has 4 heteroatoms. The lowest BCUT2D eigenvalue weighted by molar-refractivity contribution is 0.304. The largest absolute Gasteiger partial charge is 0.487 e. The molecule has 0 aliphatic rings. The summed E-state index contributed by atoms with van der Waals surface area (Å²) in [6.45, 7) is 5.62. The standard InChI is InChI=1S/C17H19BrClNO/c1-12(2)20-10-13-5-3-4-6-14(13)11-21-17-9-15(18)7-8-16(17)19/h3-9,12,20H,10-11H2,1-2H3. The van der Waals surface area contributed by atoms with E-state index in [0.29, 0.717) is 23.4 Å². The lowest BCUT2D eigenvalue weighted by Crippen LogP contribution is -2.22. The maximum Gasteiger partial charge on any atom is 0.139 e. The molecule has 21 heavy (non-hydrogen) atoms. The quantitative estimate of drug-likeness (QED) is 0.758. The molecule has 0 fully saturated rings. The van der Waals surface area contributed by atoms with Gasteiger partial charge in [-0.05, 0) is 29.3 Å². The van der Waals surface area contributed by atoms with E-state index in [2.05, 4.69) is 47.2 Å². The molecule has 0 aromatic heterocycles. The van der Waals surface area contributed by atoms with Crippen molar-refractivity contribution in [3.05, 3.63) is 63.1 Å². The number of halogens is 2. The fourth-order valence-corrected chi connectivity index (χ4v) is 2.44. The lowest BCUT2D eigenvalue weighted by Gasteiger charge is -2.14. The lowest BCUT2D eigenvalue weighted by atomic mass is 10.1. The van der Waals surface area contributed by atoms with Gasteiger partial charge in [-0.15, -0.1) is 0 Å². The van der Waals surface area contributed by atoms with Crippen LogP contribution in [0.3, 0.4) is 0 Å². The topological polar surface area (TPSA) is 21.3 Å². The summed E-state index contributed by atoms with van der Waals surface area (Å²) in [6.07, 6.45) is 0. The monoisotopic (exact) mass is 367 g/mol. The zero-order valence-corrected chi connectivity index (χ0v) is 14.5. The Morgan fingerprint density at radius 2 is 1.86 bits per heavy atom. The first-order valence-electron chi connectivity index (χ1n) is 6.94. The van der Waals surface area contributed by atoms with Crippen LogP contribution < -0.4 is 10.1 Å². The van der Waals surface area contributed by atoms with Crippen LogP contribution in [0.1, 0.15) is 25.0 Å². The Hall–Kier alpha value is -1.03. The molecule has 0 amide bonds. The smallest absolute Gasteiger partial charge is 0.139 e. The second kappa shape index (κ2) is 7.83. The van der Waals surface area contributed by atoms with Crippen LogP contribution in [-0.2, 0) is 13.2 Å². The average molecular weight is 369 g/mol. The SMILES string of the molecule is CC(C)NCc1ccccc1COc1cc(Br)ccc1Cl. The van der Waals surface area contributed by atoms with Crippen molar-refractivity contribution in [2.75, 3.05) is 0 Å². The molecule has 112 valence electrons. The summed E-state index contributed by atoms with van der Waals surface area (Å²) >= 11 is 9.58. The first-order chi connectivity index (χ1) is 10.1. The van der Waals surface area contributed by atoms with E-state index in [0.717, 1.165) is 11.0 Å². The zero-order chi connectivity index (χ0) is 15.2. The van der Waals surface area contributed by atoms with E-state index in [9.17, 15) is 0 Å². The third-order valence-electron chi connectivity index (χ3n) is 3.10. The summed E-state index contributed by atoms with van der Waals surface area (Å²) in [4.78, 5) is 0. The Morgan fingerprint density at radius 1 is 1.14 bits per heavy atom. The molecule has 2 nitrogen and oxygen atoms in total. The van der Waals surface area contributed by atoms with E-state index in [1.807, 2.05) is 30.3 Å². The minimum atomic E-state index is 0.457. The molecule has 0 saturated carbocycles. The van der Waals surface area contributed by atoms with Crippen LogP contribution in [0, 0.1) is 0 Å². The molecule has 0 heterocycles. The summed E-state index contributed by atoms with van der Waals surface area (Å²) in [6, 6.07) is 14.4. The first-order valence-corrected chi connectivity index (χ1v) is 8.11. The number of nitrogens with one attached hydrogen (secondary N) is 1. The highest BCUT2D eigenvalue weighted by atomic mass is 79.9. The molecule has 0 unspecified atom stereocenters. The second-order valence-corrected chi connectivity index (χ2v) is 6.49. The first kappa shape index (κ1) is 16.3. The van der Waals surface area contributed by atoms with E-state index in [1.165, 1.54) is 11.1 Å². The van der Waals surface area contributed by atoms with Crippen molar-refractivity contribution in [1.82, 2.24) is 5.32 Å². The molecule has 2 rings (SSSR count). The van der Waals surface area contributed by atoms with Crippen molar-refractivity contribution in [3.63, 3.8) is 0 Å². The predicted molar refractivity (Wildman–Crippen MR) is 91.9 cm³/mol. The fourth-order valence-electron chi connectivity index (χ4n) is 1.93. The highest BCUT2D eigenvalue weighted by Crippen LogP contribution is 2.28. The van der Waals surface area contributed by atoms with Gasteiger partial charge >= 0.3 is 0 Å². The molecule has 0 saturated heterocycles. The fraction of sp³-hybridized carbons (Fsp3) is 0.294. The summed E-state index contributed by atoms with van der Waals surface area (Å²) in [5.74, 6) is 0.692. The zero-order valence-electron chi connectivity index (χ0n) is 12.2. The Kier molecular flexibility index (Phi) is 6.09. The van der Waals surface area contributed by atoms with Gasteiger partial charge in [-0.25, -0.2) is 0 Å². The highest BCUT2D eigenvalue weighted by molar-refractivity contribution is 9.10. The normalized spacial score (nSPS) is 10.9. The average Bonchev–Trinajstić information content (AvgIpc) is 2.47. The van der Waals surface area contributed by atoms with Crippen molar-refractivity contribution < 1.29 is 4.74 Å². The minimum absolute atomic E-state index is 0.457. The van der Waals surface area contributed by atoms with E-state index in [1.54, 1.807) is 0 Å². The molecule has 1 N–H and O–H groups in total. The molecule has 2 aromatic carbocycles. The van der Waals surface area contributed by atoms with Crippen LogP contribution in [0.25, 0.3) is 0 Å². The van der Waals surface area contributed by atoms with Crippen molar-refractivity contribution >= 4 is 27.5 Å². The third-order valence-corrected chi connectivity index (χ3v) is 3.90. The van der Waals surface area contributed by atoms with Crippen molar-refractivity contribution in [2.45, 2.75) is 33.0 Å². The maximum atomic E-state index is 6.15. The van der Waals surface area contributed by atoms with Gasteiger partial charge in [0.1, 0.15) is 12.4 Å². The Morgan fingerprint density at radius 3 is 2.57 bits per heavy atom. The van der Waals surface area contributed by atoms with Crippen LogP contribution in [0.5, 0.6) is 5.75 Å². The summed E-state index contributed by atoms with van der Waals surface area (Å²) in [5.41, 5.74) is 2.42. The Labute approximate surface area is 139 Å². The summed E-state index contributed by atoms with van der Waals surface area (Å²) in [5, 5.41) is 4.05.